The molecule has 0 atom stereocenters. The van der Waals surface area contributed by atoms with Gasteiger partial charge in [-0.15, -0.1) is 0 Å². The van der Waals surface area contributed by atoms with E-state index in [9.17, 15) is 9.59 Å². The lowest BCUT2D eigenvalue weighted by Gasteiger charge is -2.13. The molecule has 2 amide bonds. The van der Waals surface area contributed by atoms with E-state index >= 15 is 0 Å². The van der Waals surface area contributed by atoms with Crippen LogP contribution >= 0.6 is 0 Å². The Morgan fingerprint density at radius 2 is 1.87 bits per heavy atom. The Morgan fingerprint density at radius 1 is 1.07 bits per heavy atom. The lowest BCUT2D eigenvalue weighted by Crippen LogP contribution is -2.15. The van der Waals surface area contributed by atoms with Crippen LogP contribution in [-0.2, 0) is 4.79 Å². The van der Waals surface area contributed by atoms with Crippen LogP contribution in [0.1, 0.15) is 27.0 Å². The summed E-state index contributed by atoms with van der Waals surface area (Å²) in [5, 5.41) is 11.4. The second-order valence-corrected chi connectivity index (χ2v) is 6.58. The maximum atomic E-state index is 12.9. The Labute approximate surface area is 174 Å². The van der Waals surface area contributed by atoms with Crippen molar-refractivity contribution < 1.29 is 19.5 Å². The zero-order valence-corrected chi connectivity index (χ0v) is 16.5. The molecule has 0 saturated carbocycles. The van der Waals surface area contributed by atoms with Crippen LogP contribution in [-0.4, -0.2) is 22.0 Å². The van der Waals surface area contributed by atoms with Crippen LogP contribution in [0.4, 0.5) is 5.69 Å². The number of pyridine rings is 1. The molecular weight excluding hydrogens is 382 g/mol. The third-order valence-corrected chi connectivity index (χ3v) is 4.29. The number of hydroxylamine groups is 1. The third-order valence-electron chi connectivity index (χ3n) is 4.29. The standard InChI is InChI=1S/C23H21N3O4/c1-15-9-11-20(16(2)14-15)30-23-18(7-5-13-24-23)22(28)25-19-8-4-3-6-17(19)10-12-21(27)26-29/h3-14,29H,1-2H3,(H,25,28)(H,26,27). The molecule has 3 rings (SSSR count). The van der Waals surface area contributed by atoms with Gasteiger partial charge in [0.05, 0.1) is 0 Å². The molecule has 0 aliphatic heterocycles. The SMILES string of the molecule is Cc1ccc(Oc2ncccc2C(=O)Nc2ccccc2C=CC(=O)NO)c(C)c1. The molecule has 0 fully saturated rings. The number of nitrogens with one attached hydrogen (secondary N) is 2. The minimum atomic E-state index is -0.674. The number of carbonyl (C=O) groups excluding carboxylic acids is 2. The minimum absolute atomic E-state index is 0.189. The first kappa shape index (κ1) is 20.8. The molecule has 152 valence electrons. The Balaban J connectivity index is 1.85. The van der Waals surface area contributed by atoms with Gasteiger partial charge < -0.3 is 10.1 Å². The molecule has 7 nitrogen and oxygen atoms in total. The number of carbonyl (C=O) groups is 2. The van der Waals surface area contributed by atoms with Gasteiger partial charge in [-0.05, 0) is 55.3 Å². The van der Waals surface area contributed by atoms with Crippen LogP contribution in [0.25, 0.3) is 6.08 Å². The molecule has 0 aliphatic carbocycles. The number of ether oxygens (including phenoxy) is 1. The average Bonchev–Trinajstić information content (AvgIpc) is 2.75. The quantitative estimate of drug-likeness (QED) is 0.324. The number of amides is 2. The van der Waals surface area contributed by atoms with E-state index in [4.69, 9.17) is 9.94 Å². The van der Waals surface area contributed by atoms with Crippen LogP contribution < -0.4 is 15.5 Å². The zero-order valence-electron chi connectivity index (χ0n) is 16.5. The van der Waals surface area contributed by atoms with Gasteiger partial charge >= 0.3 is 0 Å². The van der Waals surface area contributed by atoms with Gasteiger partial charge in [-0.1, -0.05) is 35.9 Å². The van der Waals surface area contributed by atoms with Crippen LogP contribution in [0.15, 0.2) is 66.9 Å². The molecule has 0 spiro atoms. The molecule has 0 bridgehead atoms. The Bertz CT molecular complexity index is 1110. The minimum Gasteiger partial charge on any atom is -0.438 e. The number of benzene rings is 2. The van der Waals surface area contributed by atoms with Gasteiger partial charge in [0.25, 0.3) is 11.8 Å². The molecule has 0 aliphatic rings. The van der Waals surface area contributed by atoms with Gasteiger partial charge in [-0.25, -0.2) is 10.5 Å². The molecule has 3 N–H and O–H groups in total. The van der Waals surface area contributed by atoms with E-state index in [1.165, 1.54) is 11.6 Å². The average molecular weight is 403 g/mol. The lowest BCUT2D eigenvalue weighted by molar-refractivity contribution is -0.124. The fraction of sp³-hybridized carbons (Fsp3) is 0.0870. The Hall–Kier alpha value is -3.97. The highest BCUT2D eigenvalue weighted by molar-refractivity contribution is 6.07. The van der Waals surface area contributed by atoms with E-state index in [0.29, 0.717) is 17.0 Å². The van der Waals surface area contributed by atoms with Crippen molar-refractivity contribution in [2.24, 2.45) is 0 Å². The van der Waals surface area contributed by atoms with Crippen molar-refractivity contribution in [3.8, 4) is 11.6 Å². The summed E-state index contributed by atoms with van der Waals surface area (Å²) in [7, 11) is 0. The van der Waals surface area contributed by atoms with E-state index in [1.807, 2.05) is 32.0 Å². The van der Waals surface area contributed by atoms with Gasteiger partial charge in [-0.3, -0.25) is 14.8 Å². The zero-order chi connectivity index (χ0) is 21.5. The highest BCUT2D eigenvalue weighted by Gasteiger charge is 2.16. The number of aromatic nitrogens is 1. The maximum Gasteiger partial charge on any atom is 0.267 e. The van der Waals surface area contributed by atoms with Gasteiger partial charge in [0.1, 0.15) is 11.3 Å². The molecule has 1 aromatic heterocycles. The van der Waals surface area contributed by atoms with Crippen LogP contribution in [0, 0.1) is 13.8 Å². The molecule has 30 heavy (non-hydrogen) atoms. The second-order valence-electron chi connectivity index (χ2n) is 6.58. The first-order chi connectivity index (χ1) is 14.5. The normalized spacial score (nSPS) is 10.6. The van der Waals surface area contributed by atoms with Crippen LogP contribution in [0.5, 0.6) is 11.6 Å². The van der Waals surface area contributed by atoms with Crippen molar-refractivity contribution in [3.63, 3.8) is 0 Å². The number of para-hydroxylation sites is 1. The van der Waals surface area contributed by atoms with E-state index in [0.717, 1.165) is 17.2 Å². The summed E-state index contributed by atoms with van der Waals surface area (Å²) in [4.78, 5) is 28.4. The summed E-state index contributed by atoms with van der Waals surface area (Å²) in [5.41, 5.74) is 4.92. The predicted molar refractivity (Wildman–Crippen MR) is 114 cm³/mol. The summed E-state index contributed by atoms with van der Waals surface area (Å²) >= 11 is 0. The number of rotatable bonds is 6. The summed E-state index contributed by atoms with van der Waals surface area (Å²) in [6.45, 7) is 3.92. The lowest BCUT2D eigenvalue weighted by atomic mass is 10.1. The van der Waals surface area contributed by atoms with Gasteiger partial charge in [0.15, 0.2) is 0 Å². The summed E-state index contributed by atoms with van der Waals surface area (Å²) < 4.78 is 5.91. The highest BCUT2D eigenvalue weighted by Crippen LogP contribution is 2.27. The van der Waals surface area contributed by atoms with E-state index in [2.05, 4.69) is 10.3 Å². The monoisotopic (exact) mass is 403 g/mol. The molecule has 0 saturated heterocycles. The smallest absolute Gasteiger partial charge is 0.267 e. The topological polar surface area (TPSA) is 101 Å². The van der Waals surface area contributed by atoms with Crippen LogP contribution in [0.2, 0.25) is 0 Å². The molecule has 1 heterocycles. The van der Waals surface area contributed by atoms with E-state index in [1.54, 1.807) is 42.6 Å². The number of anilines is 1. The van der Waals surface area contributed by atoms with Crippen molar-refractivity contribution >= 4 is 23.6 Å². The van der Waals surface area contributed by atoms with Crippen molar-refractivity contribution in [1.29, 1.82) is 0 Å². The van der Waals surface area contributed by atoms with E-state index in [-0.39, 0.29) is 11.4 Å². The predicted octanol–water partition coefficient (Wildman–Crippen LogP) is 4.26. The summed E-state index contributed by atoms with van der Waals surface area (Å²) in [5.74, 6) is -0.274. The largest absolute Gasteiger partial charge is 0.438 e. The molecular formula is C23H21N3O4. The Morgan fingerprint density at radius 3 is 2.63 bits per heavy atom. The second kappa shape index (κ2) is 9.49. The Kier molecular flexibility index (Phi) is 6.56. The van der Waals surface area contributed by atoms with Crippen molar-refractivity contribution in [2.45, 2.75) is 13.8 Å². The van der Waals surface area contributed by atoms with Crippen molar-refractivity contribution in [3.05, 3.63) is 89.1 Å². The number of hydrogen-bond acceptors (Lipinski definition) is 5. The van der Waals surface area contributed by atoms with Crippen molar-refractivity contribution in [1.82, 2.24) is 10.5 Å². The molecule has 0 unspecified atom stereocenters. The van der Waals surface area contributed by atoms with Gasteiger partial charge in [-0.2, -0.15) is 0 Å². The molecule has 7 heteroatoms. The van der Waals surface area contributed by atoms with E-state index < -0.39 is 11.8 Å². The molecule has 3 aromatic rings. The van der Waals surface area contributed by atoms with Crippen LogP contribution in [0.3, 0.4) is 0 Å². The number of hydrogen-bond donors (Lipinski definition) is 3. The number of nitrogens with zero attached hydrogens (tertiary/aromatic N) is 1. The van der Waals surface area contributed by atoms with Gasteiger partial charge in [0, 0.05) is 18.0 Å². The number of aryl methyl sites for hydroxylation is 2. The van der Waals surface area contributed by atoms with Gasteiger partial charge in [0.2, 0.25) is 5.88 Å². The first-order valence-electron chi connectivity index (χ1n) is 9.20. The third kappa shape index (κ3) is 5.09. The molecule has 2 aromatic carbocycles. The fourth-order valence-electron chi connectivity index (χ4n) is 2.81. The summed E-state index contributed by atoms with van der Waals surface area (Å²) in [6.07, 6.45) is 4.20. The maximum absolute atomic E-state index is 12.9. The highest BCUT2D eigenvalue weighted by atomic mass is 16.5. The molecule has 0 radical (unpaired) electrons. The summed E-state index contributed by atoms with van der Waals surface area (Å²) in [6, 6.07) is 16.0. The first-order valence-corrected chi connectivity index (χ1v) is 9.20. The fourth-order valence-corrected chi connectivity index (χ4v) is 2.81. The van der Waals surface area contributed by atoms with Crippen molar-refractivity contribution in [2.75, 3.05) is 5.32 Å².